The Morgan fingerprint density at radius 2 is 2.05 bits per heavy atom. The Bertz CT molecular complexity index is 685. The number of carbonyl (C=O) groups is 1. The lowest BCUT2D eigenvalue weighted by molar-refractivity contribution is -0.115. The zero-order valence-electron chi connectivity index (χ0n) is 10.5. The summed E-state index contributed by atoms with van der Waals surface area (Å²) in [5.74, 6) is 0.560. The van der Waals surface area contributed by atoms with E-state index < -0.39 is 0 Å². The topological polar surface area (TPSA) is 54.6 Å². The Morgan fingerprint density at radius 1 is 1.25 bits per heavy atom. The van der Waals surface area contributed by atoms with Crippen LogP contribution in [0.3, 0.4) is 0 Å². The van der Waals surface area contributed by atoms with Crippen LogP contribution in [-0.4, -0.2) is 11.7 Å². The van der Waals surface area contributed by atoms with Gasteiger partial charge in [-0.3, -0.25) is 4.79 Å². The molecule has 0 fully saturated rings. The second-order valence-corrected chi connectivity index (χ2v) is 4.36. The number of aliphatic imine (C=N–C) groups is 1. The SMILES string of the molecule is O=C1NC(Cc2ccc(F)cc2)=N/C1=C/c1ccco1. The van der Waals surface area contributed by atoms with Gasteiger partial charge in [-0.05, 0) is 29.8 Å². The van der Waals surface area contributed by atoms with E-state index in [0.29, 0.717) is 23.7 Å². The highest BCUT2D eigenvalue weighted by Gasteiger charge is 2.20. The first kappa shape index (κ1) is 12.3. The average molecular weight is 270 g/mol. The summed E-state index contributed by atoms with van der Waals surface area (Å²) >= 11 is 0. The standard InChI is InChI=1S/C15H11FN2O2/c16-11-5-3-10(4-6-11)8-14-17-13(15(19)18-14)9-12-2-1-7-20-12/h1-7,9H,8H2,(H,17,18,19)/b13-9+. The van der Waals surface area contributed by atoms with Crippen LogP contribution in [0.5, 0.6) is 0 Å². The molecule has 1 N–H and O–H groups in total. The Labute approximate surface area is 114 Å². The number of amides is 1. The fraction of sp³-hybridized carbons (Fsp3) is 0.0667. The van der Waals surface area contributed by atoms with Crippen molar-refractivity contribution in [2.75, 3.05) is 0 Å². The van der Waals surface area contributed by atoms with Crippen molar-refractivity contribution in [3.63, 3.8) is 0 Å². The number of carbonyl (C=O) groups excluding carboxylic acids is 1. The summed E-state index contributed by atoms with van der Waals surface area (Å²) in [7, 11) is 0. The fourth-order valence-corrected chi connectivity index (χ4v) is 1.90. The van der Waals surface area contributed by atoms with E-state index in [9.17, 15) is 9.18 Å². The molecule has 1 aromatic heterocycles. The predicted molar refractivity (Wildman–Crippen MR) is 72.4 cm³/mol. The number of benzene rings is 1. The van der Waals surface area contributed by atoms with Crippen LogP contribution >= 0.6 is 0 Å². The van der Waals surface area contributed by atoms with Gasteiger partial charge < -0.3 is 9.73 Å². The Morgan fingerprint density at radius 3 is 2.75 bits per heavy atom. The molecule has 0 spiro atoms. The number of furan rings is 1. The number of halogens is 1. The minimum atomic E-state index is -0.287. The van der Waals surface area contributed by atoms with Crippen molar-refractivity contribution in [3.05, 3.63) is 65.5 Å². The van der Waals surface area contributed by atoms with E-state index in [1.54, 1.807) is 30.3 Å². The minimum absolute atomic E-state index is 0.265. The van der Waals surface area contributed by atoms with E-state index in [4.69, 9.17) is 4.42 Å². The maximum Gasteiger partial charge on any atom is 0.275 e. The van der Waals surface area contributed by atoms with Crippen molar-refractivity contribution in [1.29, 1.82) is 0 Å². The molecular weight excluding hydrogens is 259 g/mol. The second-order valence-electron chi connectivity index (χ2n) is 4.36. The smallest absolute Gasteiger partial charge is 0.275 e. The molecule has 2 aromatic rings. The third-order valence-electron chi connectivity index (χ3n) is 2.85. The highest BCUT2D eigenvalue weighted by Crippen LogP contribution is 2.14. The maximum atomic E-state index is 12.8. The first-order valence-corrected chi connectivity index (χ1v) is 6.09. The summed E-state index contributed by atoms with van der Waals surface area (Å²) in [4.78, 5) is 16.0. The lowest BCUT2D eigenvalue weighted by atomic mass is 10.1. The van der Waals surface area contributed by atoms with Crippen LogP contribution in [0.2, 0.25) is 0 Å². The van der Waals surface area contributed by atoms with E-state index in [1.807, 2.05) is 0 Å². The quantitative estimate of drug-likeness (QED) is 0.871. The number of amidine groups is 1. The van der Waals surface area contributed by atoms with Gasteiger partial charge in [0.25, 0.3) is 5.91 Å². The highest BCUT2D eigenvalue weighted by atomic mass is 19.1. The third-order valence-corrected chi connectivity index (χ3v) is 2.85. The molecule has 1 aromatic carbocycles. The van der Waals surface area contributed by atoms with E-state index >= 15 is 0 Å². The molecule has 1 aliphatic rings. The van der Waals surface area contributed by atoms with Gasteiger partial charge in [-0.1, -0.05) is 12.1 Å². The molecule has 0 atom stereocenters. The molecule has 0 bridgehead atoms. The summed E-state index contributed by atoms with van der Waals surface area (Å²) in [5.41, 5.74) is 1.18. The van der Waals surface area contributed by atoms with Crippen LogP contribution < -0.4 is 5.32 Å². The largest absolute Gasteiger partial charge is 0.465 e. The van der Waals surface area contributed by atoms with Gasteiger partial charge in [0.05, 0.1) is 6.26 Å². The van der Waals surface area contributed by atoms with Crippen LogP contribution in [0, 0.1) is 5.82 Å². The van der Waals surface area contributed by atoms with Gasteiger partial charge in [-0.25, -0.2) is 9.38 Å². The van der Waals surface area contributed by atoms with Crippen molar-refractivity contribution in [2.45, 2.75) is 6.42 Å². The molecule has 1 amide bonds. The molecule has 100 valence electrons. The number of nitrogens with zero attached hydrogens (tertiary/aromatic N) is 1. The molecule has 1 aliphatic heterocycles. The summed E-state index contributed by atoms with van der Waals surface area (Å²) in [6.07, 6.45) is 3.55. The Kier molecular flexibility index (Phi) is 3.16. The molecule has 3 rings (SSSR count). The normalized spacial score (nSPS) is 16.4. The highest BCUT2D eigenvalue weighted by molar-refractivity contribution is 6.14. The molecule has 0 unspecified atom stereocenters. The van der Waals surface area contributed by atoms with Gasteiger partial charge in [0, 0.05) is 12.5 Å². The predicted octanol–water partition coefficient (Wildman–Crippen LogP) is 2.53. The van der Waals surface area contributed by atoms with Crippen LogP contribution in [0.25, 0.3) is 6.08 Å². The molecular formula is C15H11FN2O2. The maximum absolute atomic E-state index is 12.8. The van der Waals surface area contributed by atoms with E-state index in [2.05, 4.69) is 10.3 Å². The summed E-state index contributed by atoms with van der Waals surface area (Å²) in [5, 5.41) is 2.69. The summed E-state index contributed by atoms with van der Waals surface area (Å²) in [6, 6.07) is 9.57. The van der Waals surface area contributed by atoms with Gasteiger partial charge in [-0.15, -0.1) is 0 Å². The first-order chi connectivity index (χ1) is 9.70. The van der Waals surface area contributed by atoms with Gasteiger partial charge >= 0.3 is 0 Å². The average Bonchev–Trinajstić information content (AvgIpc) is 3.04. The van der Waals surface area contributed by atoms with Crippen LogP contribution in [0.1, 0.15) is 11.3 Å². The van der Waals surface area contributed by atoms with Crippen molar-refractivity contribution in [1.82, 2.24) is 5.32 Å². The molecule has 2 heterocycles. The minimum Gasteiger partial charge on any atom is -0.465 e. The molecule has 0 saturated heterocycles. The first-order valence-electron chi connectivity index (χ1n) is 6.09. The van der Waals surface area contributed by atoms with E-state index in [-0.39, 0.29) is 11.7 Å². The molecule has 4 nitrogen and oxygen atoms in total. The van der Waals surface area contributed by atoms with Crippen molar-refractivity contribution in [2.24, 2.45) is 4.99 Å². The summed E-state index contributed by atoms with van der Waals surface area (Å²) in [6.45, 7) is 0. The number of rotatable bonds is 3. The number of hydrogen-bond acceptors (Lipinski definition) is 3. The second kappa shape index (κ2) is 5.13. The van der Waals surface area contributed by atoms with E-state index in [1.165, 1.54) is 18.4 Å². The van der Waals surface area contributed by atoms with Crippen molar-refractivity contribution in [3.8, 4) is 0 Å². The monoisotopic (exact) mass is 270 g/mol. The number of hydrogen-bond donors (Lipinski definition) is 1. The molecule has 0 radical (unpaired) electrons. The lowest BCUT2D eigenvalue weighted by Gasteiger charge is -2.00. The van der Waals surface area contributed by atoms with Gasteiger partial charge in [0.1, 0.15) is 23.1 Å². The van der Waals surface area contributed by atoms with Gasteiger partial charge in [0.2, 0.25) is 0 Å². The number of nitrogens with one attached hydrogen (secondary N) is 1. The summed E-state index contributed by atoms with van der Waals surface area (Å²) < 4.78 is 18.0. The lowest BCUT2D eigenvalue weighted by Crippen LogP contribution is -2.25. The van der Waals surface area contributed by atoms with Gasteiger partial charge in [-0.2, -0.15) is 0 Å². The van der Waals surface area contributed by atoms with Gasteiger partial charge in [0.15, 0.2) is 0 Å². The van der Waals surface area contributed by atoms with Crippen LogP contribution in [0.4, 0.5) is 4.39 Å². The zero-order chi connectivity index (χ0) is 13.9. The molecule has 0 aliphatic carbocycles. The Hall–Kier alpha value is -2.69. The van der Waals surface area contributed by atoms with Crippen LogP contribution in [-0.2, 0) is 11.2 Å². The molecule has 20 heavy (non-hydrogen) atoms. The van der Waals surface area contributed by atoms with Crippen LogP contribution in [0.15, 0.2) is 57.8 Å². The fourth-order valence-electron chi connectivity index (χ4n) is 1.90. The Balaban J connectivity index is 1.78. The van der Waals surface area contributed by atoms with Crippen molar-refractivity contribution >= 4 is 17.8 Å². The van der Waals surface area contributed by atoms with Crippen molar-refractivity contribution < 1.29 is 13.6 Å². The molecule has 5 heteroatoms. The third kappa shape index (κ3) is 2.66. The van der Waals surface area contributed by atoms with E-state index in [0.717, 1.165) is 5.56 Å². The molecule has 0 saturated carbocycles. The zero-order valence-corrected chi connectivity index (χ0v) is 10.5.